The highest BCUT2D eigenvalue weighted by atomic mass is 35.5. The van der Waals surface area contributed by atoms with Gasteiger partial charge in [-0.2, -0.15) is 0 Å². The molecule has 2 amide bonds. The van der Waals surface area contributed by atoms with Crippen molar-refractivity contribution in [3.63, 3.8) is 0 Å². The quantitative estimate of drug-likeness (QED) is 0.467. The summed E-state index contributed by atoms with van der Waals surface area (Å²) in [6, 6.07) is 19.5. The van der Waals surface area contributed by atoms with Crippen LogP contribution in [0.25, 0.3) is 0 Å². The summed E-state index contributed by atoms with van der Waals surface area (Å²) in [5.41, 5.74) is 4.05. The van der Waals surface area contributed by atoms with E-state index in [1.807, 2.05) is 56.3 Å². The Bertz CT molecular complexity index is 1230. The molecule has 0 saturated carbocycles. The third-order valence-electron chi connectivity index (χ3n) is 6.16. The van der Waals surface area contributed by atoms with Crippen LogP contribution in [0.15, 0.2) is 66.7 Å². The van der Waals surface area contributed by atoms with Crippen LogP contribution in [0.5, 0.6) is 0 Å². The Labute approximate surface area is 196 Å². The van der Waals surface area contributed by atoms with Crippen molar-refractivity contribution in [2.45, 2.75) is 26.0 Å². The molecule has 0 radical (unpaired) electrons. The molecule has 3 atom stereocenters. The number of para-hydroxylation sites is 1. The van der Waals surface area contributed by atoms with Gasteiger partial charge in [0.1, 0.15) is 5.92 Å². The molecule has 0 bridgehead atoms. The smallest absolute Gasteiger partial charge is 0.266 e. The molecule has 0 aromatic heterocycles. The molecular weight excluding hydrogens is 447 g/mol. The van der Waals surface area contributed by atoms with Crippen LogP contribution in [0.2, 0.25) is 10.0 Å². The number of imide groups is 1. The molecule has 3 aromatic rings. The lowest BCUT2D eigenvalue weighted by atomic mass is 9.90. The molecule has 0 spiro atoms. The van der Waals surface area contributed by atoms with Crippen molar-refractivity contribution in [2.24, 2.45) is 5.92 Å². The van der Waals surface area contributed by atoms with E-state index in [2.05, 4.69) is 0 Å². The van der Waals surface area contributed by atoms with Gasteiger partial charge in [-0.3, -0.25) is 14.4 Å². The Hall–Kier alpha value is -2.86. The van der Waals surface area contributed by atoms with Crippen LogP contribution in [-0.4, -0.2) is 17.9 Å². The molecular formula is C25H20Cl2N2O3. The Kier molecular flexibility index (Phi) is 5.20. The molecule has 162 valence electrons. The number of hydrogen-bond acceptors (Lipinski definition) is 4. The van der Waals surface area contributed by atoms with E-state index in [0.29, 0.717) is 21.3 Å². The predicted octanol–water partition coefficient (Wildman–Crippen LogP) is 5.66. The molecule has 2 saturated heterocycles. The molecule has 32 heavy (non-hydrogen) atoms. The van der Waals surface area contributed by atoms with E-state index in [4.69, 9.17) is 28.0 Å². The number of benzene rings is 3. The Morgan fingerprint density at radius 1 is 0.812 bits per heavy atom. The summed E-state index contributed by atoms with van der Waals surface area (Å²) >= 11 is 12.7. The molecule has 0 aliphatic carbocycles. The molecule has 5 nitrogen and oxygen atoms in total. The second-order valence-corrected chi connectivity index (χ2v) is 8.95. The van der Waals surface area contributed by atoms with Crippen molar-refractivity contribution in [1.82, 2.24) is 0 Å². The lowest BCUT2D eigenvalue weighted by Gasteiger charge is -2.29. The van der Waals surface area contributed by atoms with Gasteiger partial charge in [0.15, 0.2) is 6.10 Å². The van der Waals surface area contributed by atoms with Gasteiger partial charge < -0.3 is 0 Å². The van der Waals surface area contributed by atoms with Crippen LogP contribution < -0.4 is 9.96 Å². The normalized spacial score (nSPS) is 22.6. The number of aryl methyl sites for hydroxylation is 2. The first-order valence-corrected chi connectivity index (χ1v) is 11.0. The lowest BCUT2D eigenvalue weighted by Crippen LogP contribution is -2.37. The summed E-state index contributed by atoms with van der Waals surface area (Å²) in [5.74, 6) is -1.43. The second-order valence-electron chi connectivity index (χ2n) is 8.10. The van der Waals surface area contributed by atoms with Gasteiger partial charge in [0.25, 0.3) is 5.91 Å². The van der Waals surface area contributed by atoms with E-state index in [9.17, 15) is 9.59 Å². The van der Waals surface area contributed by atoms with Gasteiger partial charge in [-0.1, -0.05) is 53.5 Å². The largest absolute Gasteiger partial charge is 0.273 e. The van der Waals surface area contributed by atoms with Crippen molar-refractivity contribution >= 4 is 46.4 Å². The average Bonchev–Trinajstić information content (AvgIpc) is 3.27. The molecule has 3 aromatic carbocycles. The topological polar surface area (TPSA) is 49.9 Å². The molecule has 2 aliphatic heterocycles. The maximum atomic E-state index is 13.7. The van der Waals surface area contributed by atoms with Crippen LogP contribution in [0.1, 0.15) is 22.7 Å². The zero-order valence-electron chi connectivity index (χ0n) is 17.5. The highest BCUT2D eigenvalue weighted by molar-refractivity contribution is 6.35. The average molecular weight is 467 g/mol. The monoisotopic (exact) mass is 466 g/mol. The second kappa shape index (κ2) is 7.93. The number of carbonyl (C=O) groups is 2. The van der Waals surface area contributed by atoms with Crippen molar-refractivity contribution in [3.05, 3.63) is 93.5 Å². The van der Waals surface area contributed by atoms with Crippen molar-refractivity contribution in [1.29, 1.82) is 0 Å². The number of anilines is 2. The third-order valence-corrected chi connectivity index (χ3v) is 6.72. The van der Waals surface area contributed by atoms with Crippen LogP contribution in [0.3, 0.4) is 0 Å². The minimum absolute atomic E-state index is 0.308. The molecule has 0 N–H and O–H groups in total. The minimum Gasteiger partial charge on any atom is -0.273 e. The predicted molar refractivity (Wildman–Crippen MR) is 125 cm³/mol. The summed E-state index contributed by atoms with van der Waals surface area (Å²) in [6.07, 6.45) is -0.943. The molecule has 7 heteroatoms. The first-order chi connectivity index (χ1) is 15.4. The Morgan fingerprint density at radius 3 is 2.25 bits per heavy atom. The van der Waals surface area contributed by atoms with E-state index in [0.717, 1.165) is 16.8 Å². The standard InChI is InChI=1S/C25H20Cl2N2O3/c1-14-8-10-18(12-15(14)2)28-24(30)21-22(19-11-9-16(26)13-20(19)27)29(32-23(21)25(28)31)17-6-4-3-5-7-17/h3-13,21-23H,1-2H3/t21-,22-,23+/m1/s1. The molecule has 0 unspecified atom stereocenters. The molecule has 2 aliphatic rings. The van der Waals surface area contributed by atoms with Gasteiger partial charge in [-0.05, 0) is 66.9 Å². The zero-order valence-corrected chi connectivity index (χ0v) is 19.0. The highest BCUT2D eigenvalue weighted by Crippen LogP contribution is 2.49. The van der Waals surface area contributed by atoms with Crippen LogP contribution in [-0.2, 0) is 14.4 Å². The summed E-state index contributed by atoms with van der Waals surface area (Å²) < 4.78 is 0. The van der Waals surface area contributed by atoms with Crippen molar-refractivity contribution in [2.75, 3.05) is 9.96 Å². The summed E-state index contributed by atoms with van der Waals surface area (Å²) in [7, 11) is 0. The molecule has 5 rings (SSSR count). The number of halogens is 2. The minimum atomic E-state index is -0.943. The SMILES string of the molecule is Cc1ccc(N2C(=O)[C@H]3[C@H](ON(c4ccccc4)[C@@H]3c3ccc(Cl)cc3Cl)C2=O)cc1C. The van der Waals surface area contributed by atoms with E-state index < -0.39 is 18.1 Å². The number of carbonyl (C=O) groups excluding carboxylic acids is 2. The lowest BCUT2D eigenvalue weighted by molar-refractivity contribution is -0.126. The Morgan fingerprint density at radius 2 is 1.56 bits per heavy atom. The first-order valence-electron chi connectivity index (χ1n) is 10.3. The first kappa shape index (κ1) is 21.0. The Balaban J connectivity index is 1.61. The van der Waals surface area contributed by atoms with E-state index in [1.54, 1.807) is 29.3 Å². The van der Waals surface area contributed by atoms with Gasteiger partial charge in [-0.25, -0.2) is 9.96 Å². The fourth-order valence-electron chi connectivity index (χ4n) is 4.39. The number of fused-ring (bicyclic) bond motifs is 1. The number of rotatable bonds is 3. The van der Waals surface area contributed by atoms with Crippen LogP contribution in [0, 0.1) is 19.8 Å². The van der Waals surface area contributed by atoms with Crippen molar-refractivity contribution in [3.8, 4) is 0 Å². The third kappa shape index (κ3) is 3.28. The van der Waals surface area contributed by atoms with Crippen molar-refractivity contribution < 1.29 is 14.4 Å². The fraction of sp³-hybridized carbons (Fsp3) is 0.200. The summed E-state index contributed by atoms with van der Waals surface area (Å²) in [5, 5.41) is 2.53. The maximum absolute atomic E-state index is 13.7. The van der Waals surface area contributed by atoms with Gasteiger partial charge in [0, 0.05) is 10.0 Å². The van der Waals surface area contributed by atoms with Crippen LogP contribution in [0.4, 0.5) is 11.4 Å². The zero-order chi connectivity index (χ0) is 22.6. The van der Waals surface area contributed by atoms with Gasteiger partial charge in [-0.15, -0.1) is 0 Å². The number of nitrogens with zero attached hydrogens (tertiary/aromatic N) is 2. The van der Waals surface area contributed by atoms with E-state index in [-0.39, 0.29) is 11.8 Å². The van der Waals surface area contributed by atoms with Crippen LogP contribution >= 0.6 is 23.2 Å². The van der Waals surface area contributed by atoms with Gasteiger partial charge in [0.2, 0.25) is 5.91 Å². The molecule has 2 fully saturated rings. The van der Waals surface area contributed by atoms with E-state index >= 15 is 0 Å². The number of hydrogen-bond donors (Lipinski definition) is 0. The van der Waals surface area contributed by atoms with Gasteiger partial charge >= 0.3 is 0 Å². The summed E-state index contributed by atoms with van der Waals surface area (Å²) in [6.45, 7) is 3.94. The number of amides is 2. The van der Waals surface area contributed by atoms with Gasteiger partial charge in [0.05, 0.1) is 17.4 Å². The highest BCUT2D eigenvalue weighted by Gasteiger charge is 2.60. The maximum Gasteiger partial charge on any atom is 0.266 e. The number of hydroxylamine groups is 1. The van der Waals surface area contributed by atoms with E-state index in [1.165, 1.54) is 4.90 Å². The molecule has 2 heterocycles. The summed E-state index contributed by atoms with van der Waals surface area (Å²) in [4.78, 5) is 34.4. The fourth-order valence-corrected chi connectivity index (χ4v) is 4.91.